The van der Waals surface area contributed by atoms with E-state index < -0.39 is 38.3 Å². The predicted molar refractivity (Wildman–Crippen MR) is 117 cm³/mol. The summed E-state index contributed by atoms with van der Waals surface area (Å²) in [6, 6.07) is 20.3. The molecule has 0 bridgehead atoms. The molecule has 2 aliphatic heterocycles. The third-order valence-electron chi connectivity index (χ3n) is 4.86. The zero-order valence-corrected chi connectivity index (χ0v) is 19.8. The van der Waals surface area contributed by atoms with E-state index >= 15 is 0 Å². The normalized spacial score (nSPS) is 17.1. The number of nitrogens with zero attached hydrogens (tertiary/aromatic N) is 2. The maximum absolute atomic E-state index is 12.4. The van der Waals surface area contributed by atoms with E-state index in [0.29, 0.717) is 0 Å². The Morgan fingerprint density at radius 2 is 1.53 bits per heavy atom. The average molecular weight is 576 g/mol. The molecular formula is C22H15N3O3SeTe. The Bertz CT molecular complexity index is 1200. The van der Waals surface area contributed by atoms with Gasteiger partial charge in [-0.3, -0.25) is 0 Å². The predicted octanol–water partition coefficient (Wildman–Crippen LogP) is 1.27. The van der Waals surface area contributed by atoms with Crippen molar-refractivity contribution in [2.24, 2.45) is 0 Å². The molecule has 0 aliphatic carbocycles. The first kappa shape index (κ1) is 19.3. The van der Waals surface area contributed by atoms with Crippen LogP contribution in [0.4, 0.5) is 19.9 Å². The summed E-state index contributed by atoms with van der Waals surface area (Å²) in [5.74, 6) is -1.21. The molecule has 0 unspecified atom stereocenters. The number of amides is 4. The Hall–Kier alpha value is -2.62. The number of carbonyl (C=O) groups is 3. The summed E-state index contributed by atoms with van der Waals surface area (Å²) in [6.07, 6.45) is 1.64. The number of benzene rings is 2. The summed E-state index contributed by atoms with van der Waals surface area (Å²) in [6.45, 7) is 0. The van der Waals surface area contributed by atoms with E-state index in [1.54, 1.807) is 6.08 Å². The molecule has 0 atom stereocenters. The van der Waals surface area contributed by atoms with Crippen molar-refractivity contribution in [1.82, 2.24) is 10.2 Å². The number of hydrogen-bond acceptors (Lipinski definition) is 4. The monoisotopic (exact) mass is 579 g/mol. The first-order chi connectivity index (χ1) is 14.5. The molecule has 5 rings (SSSR count). The minimum absolute atomic E-state index is 0.00544. The SMILES string of the molecule is CN1C(=O)NC(=O)/C(=C\c2ccc(N3c4ccccc4[Se]c4ccccc43)[te]2)C1=O. The third kappa shape index (κ3) is 3.23. The fourth-order valence-corrected chi connectivity index (χ4v) is 8.38. The third-order valence-corrected chi connectivity index (χ3v) is 10.1. The molecule has 0 saturated carbocycles. The van der Waals surface area contributed by atoms with Crippen molar-refractivity contribution in [2.75, 3.05) is 11.9 Å². The molecule has 8 heteroatoms. The summed E-state index contributed by atoms with van der Waals surface area (Å²) < 4.78 is 4.86. The van der Waals surface area contributed by atoms with Crippen LogP contribution in [0.5, 0.6) is 0 Å². The van der Waals surface area contributed by atoms with Crippen LogP contribution in [0.15, 0.2) is 66.2 Å². The molecule has 148 valence electrons. The Kier molecular flexibility index (Phi) is 4.88. The molecule has 1 saturated heterocycles. The summed E-state index contributed by atoms with van der Waals surface area (Å²) in [4.78, 5) is 39.4. The number of para-hydroxylation sites is 2. The summed E-state index contributed by atoms with van der Waals surface area (Å²) >= 11 is -0.578. The Balaban J connectivity index is 1.56. The molecule has 2 aliphatic rings. The van der Waals surface area contributed by atoms with Crippen molar-refractivity contribution in [3.05, 3.63) is 69.8 Å². The van der Waals surface area contributed by atoms with E-state index in [1.165, 1.54) is 31.0 Å². The standard InChI is InChI=1S/C22H15N3O3SeTe/c1-24-21(27)14(20(26)23-22(24)28)12-13-10-11-19(30-13)25-15-6-2-4-8-17(15)29-18-9-5-3-7-16(18)25/h2-12H,1H3,(H,23,26,28)/b14-12+. The van der Waals surface area contributed by atoms with E-state index in [1.807, 2.05) is 6.07 Å². The number of rotatable bonds is 2. The molecule has 1 fully saturated rings. The molecule has 1 aromatic heterocycles. The number of carbonyl (C=O) groups excluding carboxylic acids is 3. The number of nitrogens with one attached hydrogen (secondary N) is 1. The van der Waals surface area contributed by atoms with Gasteiger partial charge in [-0.2, -0.15) is 0 Å². The number of imide groups is 2. The zero-order chi connectivity index (χ0) is 20.8. The second-order valence-electron chi connectivity index (χ2n) is 6.73. The molecular weight excluding hydrogens is 561 g/mol. The minimum atomic E-state index is -0.833. The van der Waals surface area contributed by atoms with Crippen LogP contribution in [0.25, 0.3) is 6.08 Å². The Morgan fingerprint density at radius 3 is 2.20 bits per heavy atom. The summed E-state index contributed by atoms with van der Waals surface area (Å²) in [5, 5.41) is 2.20. The summed E-state index contributed by atoms with van der Waals surface area (Å²) in [5.41, 5.74) is 2.41. The molecule has 2 aromatic carbocycles. The molecule has 3 heterocycles. The van der Waals surface area contributed by atoms with Gasteiger partial charge in [0.15, 0.2) is 0 Å². The Labute approximate surface area is 188 Å². The van der Waals surface area contributed by atoms with E-state index in [0.717, 1.165) is 8.48 Å². The molecule has 4 amide bonds. The van der Waals surface area contributed by atoms with Crippen LogP contribution in [0, 0.1) is 0 Å². The number of anilines is 3. The van der Waals surface area contributed by atoms with Crippen LogP contribution in [0.2, 0.25) is 0 Å². The van der Waals surface area contributed by atoms with Crippen molar-refractivity contribution < 1.29 is 14.4 Å². The second kappa shape index (κ2) is 7.57. The molecule has 30 heavy (non-hydrogen) atoms. The maximum atomic E-state index is 12.4. The Morgan fingerprint density at radius 1 is 0.900 bits per heavy atom. The molecule has 6 nitrogen and oxygen atoms in total. The van der Waals surface area contributed by atoms with E-state index in [2.05, 4.69) is 64.8 Å². The average Bonchev–Trinajstić information content (AvgIpc) is 3.21. The van der Waals surface area contributed by atoms with Crippen LogP contribution in [0.1, 0.15) is 3.58 Å². The van der Waals surface area contributed by atoms with E-state index in [9.17, 15) is 14.4 Å². The van der Waals surface area contributed by atoms with Crippen LogP contribution >= 0.6 is 0 Å². The first-order valence-electron chi connectivity index (χ1n) is 9.14. The van der Waals surface area contributed by atoms with Gasteiger partial charge in [0.1, 0.15) is 0 Å². The van der Waals surface area contributed by atoms with Gasteiger partial charge < -0.3 is 0 Å². The first-order valence-corrected chi connectivity index (χ1v) is 13.2. The van der Waals surface area contributed by atoms with Crippen LogP contribution in [-0.4, -0.2) is 65.2 Å². The number of barbiturate groups is 1. The van der Waals surface area contributed by atoms with Crippen molar-refractivity contribution in [3.63, 3.8) is 0 Å². The van der Waals surface area contributed by atoms with Crippen molar-refractivity contribution >= 4 is 83.3 Å². The van der Waals surface area contributed by atoms with Crippen LogP contribution in [0.3, 0.4) is 0 Å². The van der Waals surface area contributed by atoms with Gasteiger partial charge in [0.05, 0.1) is 0 Å². The number of urea groups is 1. The van der Waals surface area contributed by atoms with Gasteiger partial charge in [-0.1, -0.05) is 0 Å². The van der Waals surface area contributed by atoms with Crippen molar-refractivity contribution in [3.8, 4) is 0 Å². The van der Waals surface area contributed by atoms with Crippen LogP contribution in [-0.2, 0) is 9.59 Å². The summed E-state index contributed by atoms with van der Waals surface area (Å²) in [7, 11) is 1.37. The second-order valence-corrected chi connectivity index (χ2v) is 12.1. The van der Waals surface area contributed by atoms with Gasteiger partial charge in [-0.15, -0.1) is 0 Å². The van der Waals surface area contributed by atoms with Crippen molar-refractivity contribution in [1.29, 1.82) is 0 Å². The van der Waals surface area contributed by atoms with Gasteiger partial charge >= 0.3 is 190 Å². The molecule has 0 spiro atoms. The van der Waals surface area contributed by atoms with Gasteiger partial charge in [-0.05, 0) is 0 Å². The molecule has 3 aromatic rings. The van der Waals surface area contributed by atoms with Crippen molar-refractivity contribution in [2.45, 2.75) is 0 Å². The van der Waals surface area contributed by atoms with Gasteiger partial charge in [0.25, 0.3) is 0 Å². The topological polar surface area (TPSA) is 69.7 Å². The quantitative estimate of drug-likeness (QED) is 0.222. The van der Waals surface area contributed by atoms with Gasteiger partial charge in [0, 0.05) is 0 Å². The molecule has 1 N–H and O–H groups in total. The fraction of sp³-hybridized carbons (Fsp3) is 0.0455. The number of likely N-dealkylation sites (N-methyl/N-ethyl adjacent to an activating group) is 1. The van der Waals surface area contributed by atoms with E-state index in [4.69, 9.17) is 0 Å². The fourth-order valence-electron chi connectivity index (χ4n) is 3.37. The zero-order valence-electron chi connectivity index (χ0n) is 15.8. The van der Waals surface area contributed by atoms with Gasteiger partial charge in [-0.25, -0.2) is 0 Å². The van der Waals surface area contributed by atoms with E-state index in [-0.39, 0.29) is 20.5 Å². The van der Waals surface area contributed by atoms with Crippen LogP contribution < -0.4 is 19.1 Å². The van der Waals surface area contributed by atoms with Gasteiger partial charge in [0.2, 0.25) is 0 Å². The number of hydrogen-bond donors (Lipinski definition) is 1. The number of fused-ring (bicyclic) bond motifs is 2. The molecule has 0 radical (unpaired) electrons.